The zero-order valence-electron chi connectivity index (χ0n) is 9.30. The van der Waals surface area contributed by atoms with Crippen LogP contribution in [0.2, 0.25) is 0 Å². The number of benzene rings is 1. The van der Waals surface area contributed by atoms with Gasteiger partial charge in [0.15, 0.2) is 0 Å². The van der Waals surface area contributed by atoms with Crippen molar-refractivity contribution >= 4 is 46.1 Å². The molecular weight excluding hydrogens is 349 g/mol. The minimum absolute atomic E-state index is 0.118. The molecule has 4 amide bonds. The predicted molar refractivity (Wildman–Crippen MR) is 72.8 cm³/mol. The van der Waals surface area contributed by atoms with Crippen molar-refractivity contribution in [1.29, 1.82) is 0 Å². The lowest BCUT2D eigenvalue weighted by Crippen LogP contribution is -2.37. The second-order valence-electron chi connectivity index (χ2n) is 3.81. The molecule has 0 aliphatic carbocycles. The Labute approximate surface area is 117 Å². The summed E-state index contributed by atoms with van der Waals surface area (Å²) in [5.41, 5.74) is 5.53. The summed E-state index contributed by atoms with van der Waals surface area (Å²) in [6.07, 6.45) is 0. The Morgan fingerprint density at radius 3 is 2.72 bits per heavy atom. The van der Waals surface area contributed by atoms with Gasteiger partial charge in [-0.15, -0.1) is 0 Å². The van der Waals surface area contributed by atoms with Gasteiger partial charge in [-0.05, 0) is 40.8 Å². The van der Waals surface area contributed by atoms with Gasteiger partial charge in [0.1, 0.15) is 13.1 Å². The summed E-state index contributed by atoms with van der Waals surface area (Å²) >= 11 is 2.09. The number of hydrogen-bond acceptors (Lipinski definition) is 3. The minimum Gasteiger partial charge on any atom is -0.368 e. The smallest absolute Gasteiger partial charge is 0.332 e. The van der Waals surface area contributed by atoms with Crippen LogP contribution >= 0.6 is 22.6 Å². The molecule has 2 N–H and O–H groups in total. The van der Waals surface area contributed by atoms with Gasteiger partial charge in [0.05, 0.1) is 5.69 Å². The maximum Gasteiger partial charge on any atom is 0.332 e. The molecule has 1 aromatic rings. The number of primary amides is 1. The number of carbonyl (C=O) groups is 3. The summed E-state index contributed by atoms with van der Waals surface area (Å²) in [7, 11) is 0. The number of carbonyl (C=O) groups excluding carboxylic acids is 3. The maximum absolute atomic E-state index is 12.0. The molecule has 1 aliphatic heterocycles. The lowest BCUT2D eigenvalue weighted by molar-refractivity contribution is -0.119. The summed E-state index contributed by atoms with van der Waals surface area (Å²) in [5, 5.41) is 0. The number of anilines is 1. The van der Waals surface area contributed by atoms with Gasteiger partial charge in [0, 0.05) is 3.57 Å². The van der Waals surface area contributed by atoms with E-state index >= 15 is 0 Å². The first-order valence-corrected chi connectivity index (χ1v) is 6.22. The molecule has 0 unspecified atom stereocenters. The number of nitrogens with zero attached hydrogens (tertiary/aromatic N) is 2. The van der Waals surface area contributed by atoms with Crippen molar-refractivity contribution in [2.45, 2.75) is 0 Å². The zero-order valence-corrected chi connectivity index (χ0v) is 11.5. The van der Waals surface area contributed by atoms with Crippen molar-refractivity contribution in [2.75, 3.05) is 18.0 Å². The van der Waals surface area contributed by atoms with Crippen LogP contribution in [0.25, 0.3) is 0 Å². The van der Waals surface area contributed by atoms with Crippen LogP contribution in [0.4, 0.5) is 10.5 Å². The fourth-order valence-corrected chi connectivity index (χ4v) is 2.26. The molecular formula is C11H10IN3O3. The third-order valence-corrected chi connectivity index (χ3v) is 3.12. The number of amides is 4. The van der Waals surface area contributed by atoms with E-state index in [1.54, 1.807) is 18.2 Å². The van der Waals surface area contributed by atoms with Crippen LogP contribution in [0.15, 0.2) is 24.3 Å². The number of imide groups is 1. The Kier molecular flexibility index (Phi) is 3.50. The highest BCUT2D eigenvalue weighted by atomic mass is 127. The highest BCUT2D eigenvalue weighted by molar-refractivity contribution is 14.1. The molecule has 0 atom stereocenters. The Bertz CT molecular complexity index is 532. The molecule has 0 saturated carbocycles. The average molecular weight is 359 g/mol. The van der Waals surface area contributed by atoms with E-state index in [9.17, 15) is 14.4 Å². The summed E-state index contributed by atoms with van der Waals surface area (Å²) in [5.74, 6) is -0.996. The monoisotopic (exact) mass is 359 g/mol. The number of rotatable bonds is 3. The molecule has 0 radical (unpaired) electrons. The SMILES string of the molecule is NC(=O)CN1CC(=O)N(c2cccc(I)c2)C1=O. The second-order valence-corrected chi connectivity index (χ2v) is 5.06. The van der Waals surface area contributed by atoms with Gasteiger partial charge in [-0.1, -0.05) is 6.07 Å². The van der Waals surface area contributed by atoms with Gasteiger partial charge in [0.25, 0.3) is 5.91 Å². The first-order valence-electron chi connectivity index (χ1n) is 5.15. The standard InChI is InChI=1S/C11H10IN3O3/c12-7-2-1-3-8(4-7)15-10(17)6-14(11(15)18)5-9(13)16/h1-4H,5-6H2,(H2,13,16). The van der Waals surface area contributed by atoms with E-state index in [2.05, 4.69) is 22.6 Å². The molecule has 6 nitrogen and oxygen atoms in total. The Morgan fingerprint density at radius 2 is 2.11 bits per heavy atom. The van der Waals surface area contributed by atoms with E-state index in [0.29, 0.717) is 5.69 Å². The van der Waals surface area contributed by atoms with E-state index < -0.39 is 11.9 Å². The molecule has 1 saturated heterocycles. The van der Waals surface area contributed by atoms with Crippen LogP contribution in [0.1, 0.15) is 0 Å². The van der Waals surface area contributed by atoms with Crippen LogP contribution < -0.4 is 10.6 Å². The first kappa shape index (κ1) is 12.8. The summed E-state index contributed by atoms with van der Waals surface area (Å²) in [6, 6.07) is 6.50. The Balaban J connectivity index is 2.27. The second kappa shape index (κ2) is 4.92. The first-order chi connectivity index (χ1) is 8.49. The van der Waals surface area contributed by atoms with Crippen molar-refractivity contribution in [3.05, 3.63) is 27.8 Å². The average Bonchev–Trinajstić information content (AvgIpc) is 2.53. The molecule has 1 heterocycles. The van der Waals surface area contributed by atoms with Crippen molar-refractivity contribution in [3.8, 4) is 0 Å². The zero-order chi connectivity index (χ0) is 13.3. The van der Waals surface area contributed by atoms with Crippen LogP contribution in [-0.4, -0.2) is 35.8 Å². The topological polar surface area (TPSA) is 83.7 Å². The molecule has 7 heteroatoms. The van der Waals surface area contributed by atoms with Crippen molar-refractivity contribution in [3.63, 3.8) is 0 Å². The van der Waals surface area contributed by atoms with E-state index in [1.807, 2.05) is 6.07 Å². The molecule has 18 heavy (non-hydrogen) atoms. The number of hydrogen-bond donors (Lipinski definition) is 1. The highest BCUT2D eigenvalue weighted by Crippen LogP contribution is 2.22. The lowest BCUT2D eigenvalue weighted by Gasteiger charge is -2.15. The summed E-state index contributed by atoms with van der Waals surface area (Å²) in [6.45, 7) is -0.363. The molecule has 94 valence electrons. The number of urea groups is 1. The number of halogens is 1. The quantitative estimate of drug-likeness (QED) is 0.632. The lowest BCUT2D eigenvalue weighted by atomic mass is 10.3. The largest absolute Gasteiger partial charge is 0.368 e. The number of nitrogens with two attached hydrogens (primary N) is 1. The van der Waals surface area contributed by atoms with E-state index in [-0.39, 0.29) is 19.0 Å². The van der Waals surface area contributed by atoms with Gasteiger partial charge >= 0.3 is 6.03 Å². The fraction of sp³-hybridized carbons (Fsp3) is 0.182. The third kappa shape index (κ3) is 2.45. The fourth-order valence-electron chi connectivity index (χ4n) is 1.73. The molecule has 0 bridgehead atoms. The van der Waals surface area contributed by atoms with Gasteiger partial charge in [-0.2, -0.15) is 0 Å². The van der Waals surface area contributed by atoms with Crippen molar-refractivity contribution < 1.29 is 14.4 Å². The summed E-state index contributed by atoms with van der Waals surface area (Å²) in [4.78, 5) is 36.8. The molecule has 0 spiro atoms. The molecule has 1 aliphatic rings. The van der Waals surface area contributed by atoms with E-state index in [1.165, 1.54) is 0 Å². The third-order valence-electron chi connectivity index (χ3n) is 2.45. The van der Waals surface area contributed by atoms with Gasteiger partial charge in [0.2, 0.25) is 5.91 Å². The van der Waals surface area contributed by atoms with Crippen LogP contribution in [0.5, 0.6) is 0 Å². The summed E-state index contributed by atoms with van der Waals surface area (Å²) < 4.78 is 0.916. The maximum atomic E-state index is 12.0. The molecule has 1 aromatic carbocycles. The normalized spacial score (nSPS) is 15.4. The van der Waals surface area contributed by atoms with Crippen LogP contribution in [0, 0.1) is 3.57 Å². The Morgan fingerprint density at radius 1 is 1.39 bits per heavy atom. The Hall–Kier alpha value is -1.64. The van der Waals surface area contributed by atoms with Gasteiger partial charge in [-0.3, -0.25) is 9.59 Å². The van der Waals surface area contributed by atoms with Crippen LogP contribution in [-0.2, 0) is 9.59 Å². The molecule has 0 aromatic heterocycles. The van der Waals surface area contributed by atoms with Crippen molar-refractivity contribution in [2.24, 2.45) is 5.73 Å². The molecule has 2 rings (SSSR count). The van der Waals surface area contributed by atoms with Crippen LogP contribution in [0.3, 0.4) is 0 Å². The highest BCUT2D eigenvalue weighted by Gasteiger charge is 2.37. The van der Waals surface area contributed by atoms with Crippen molar-refractivity contribution in [1.82, 2.24) is 4.90 Å². The molecule has 1 fully saturated rings. The predicted octanol–water partition coefficient (Wildman–Crippen LogP) is 0.545. The van der Waals surface area contributed by atoms with E-state index in [0.717, 1.165) is 13.4 Å². The van der Waals surface area contributed by atoms with Gasteiger partial charge < -0.3 is 10.6 Å². The minimum atomic E-state index is -0.638. The van der Waals surface area contributed by atoms with E-state index in [4.69, 9.17) is 5.73 Å². The van der Waals surface area contributed by atoms with Gasteiger partial charge in [-0.25, -0.2) is 9.69 Å².